The van der Waals surface area contributed by atoms with Gasteiger partial charge in [-0.15, -0.1) is 0 Å². The van der Waals surface area contributed by atoms with E-state index in [9.17, 15) is 14.5 Å². The van der Waals surface area contributed by atoms with Crippen molar-refractivity contribution in [3.63, 3.8) is 0 Å². The van der Waals surface area contributed by atoms with Crippen LogP contribution < -0.4 is 5.32 Å². The van der Waals surface area contributed by atoms with Crippen LogP contribution in [0.1, 0.15) is 19.3 Å². The number of nitrogens with one attached hydrogen (secondary N) is 1. The van der Waals surface area contributed by atoms with Gasteiger partial charge in [0.1, 0.15) is 11.5 Å². The molecule has 0 saturated carbocycles. The maximum atomic E-state index is 12.9. The molecule has 1 atom stereocenters. The first-order valence-corrected chi connectivity index (χ1v) is 5.96. The molecule has 1 aliphatic heterocycles. The maximum absolute atomic E-state index is 12.9. The predicted octanol–water partition coefficient (Wildman–Crippen LogP) is 2.71. The Bertz CT molecular complexity index is 433. The Morgan fingerprint density at radius 3 is 3.06 bits per heavy atom. The normalized spacial score (nSPS) is 18.8. The van der Waals surface area contributed by atoms with Crippen LogP contribution >= 0.6 is 0 Å². The van der Waals surface area contributed by atoms with E-state index < -0.39 is 10.7 Å². The van der Waals surface area contributed by atoms with Crippen molar-refractivity contribution < 1.29 is 14.1 Å². The number of rotatable bonds is 5. The summed E-state index contributed by atoms with van der Waals surface area (Å²) < 4.78 is 18.4. The molecule has 0 spiro atoms. The Morgan fingerprint density at radius 2 is 2.39 bits per heavy atom. The zero-order chi connectivity index (χ0) is 13.0. The standard InChI is InChI=1S/C12H15FN2O3/c13-9-3-4-11(12(8-9)15(16)17)14-6-5-10-2-1-7-18-10/h3-4,8,10,14H,1-2,5-7H2. The number of nitro benzene ring substituents is 1. The number of nitrogens with zero attached hydrogens (tertiary/aromatic N) is 1. The minimum atomic E-state index is -0.605. The number of halogens is 1. The number of ether oxygens (including phenoxy) is 1. The minimum absolute atomic E-state index is 0.233. The lowest BCUT2D eigenvalue weighted by molar-refractivity contribution is -0.384. The van der Waals surface area contributed by atoms with Gasteiger partial charge in [0.05, 0.1) is 17.1 Å². The average molecular weight is 254 g/mol. The van der Waals surface area contributed by atoms with Crippen molar-refractivity contribution in [1.29, 1.82) is 0 Å². The first kappa shape index (κ1) is 12.8. The molecule has 2 rings (SSSR count). The summed E-state index contributed by atoms with van der Waals surface area (Å²) in [4.78, 5) is 10.2. The molecule has 6 heteroatoms. The summed E-state index contributed by atoms with van der Waals surface area (Å²) in [6.45, 7) is 1.37. The summed E-state index contributed by atoms with van der Waals surface area (Å²) in [6, 6.07) is 3.53. The number of hydrogen-bond acceptors (Lipinski definition) is 4. The maximum Gasteiger partial charge on any atom is 0.295 e. The molecule has 1 saturated heterocycles. The number of nitro groups is 1. The van der Waals surface area contributed by atoms with Gasteiger partial charge in [-0.25, -0.2) is 4.39 Å². The molecule has 1 fully saturated rings. The molecular weight excluding hydrogens is 239 g/mol. The molecule has 1 N–H and O–H groups in total. The van der Waals surface area contributed by atoms with Gasteiger partial charge in [-0.3, -0.25) is 10.1 Å². The van der Waals surface area contributed by atoms with Crippen LogP contribution in [0.2, 0.25) is 0 Å². The van der Waals surface area contributed by atoms with Crippen molar-refractivity contribution in [1.82, 2.24) is 0 Å². The molecule has 98 valence electrons. The first-order valence-electron chi connectivity index (χ1n) is 5.96. The third-order valence-electron chi connectivity index (χ3n) is 2.96. The zero-order valence-corrected chi connectivity index (χ0v) is 9.89. The fourth-order valence-electron chi connectivity index (χ4n) is 2.05. The summed E-state index contributed by atoms with van der Waals surface area (Å²) in [5, 5.41) is 13.7. The van der Waals surface area contributed by atoms with Gasteiger partial charge in [0.2, 0.25) is 0 Å². The van der Waals surface area contributed by atoms with E-state index in [1.807, 2.05) is 0 Å². The van der Waals surface area contributed by atoms with Crippen LogP contribution in [-0.2, 0) is 4.74 Å². The van der Waals surface area contributed by atoms with Crippen molar-refractivity contribution in [3.05, 3.63) is 34.1 Å². The molecule has 1 aliphatic rings. The average Bonchev–Trinajstić information content (AvgIpc) is 2.84. The Morgan fingerprint density at radius 1 is 1.56 bits per heavy atom. The lowest BCUT2D eigenvalue weighted by atomic mass is 10.2. The van der Waals surface area contributed by atoms with Gasteiger partial charge >= 0.3 is 0 Å². The zero-order valence-electron chi connectivity index (χ0n) is 9.89. The Hall–Kier alpha value is -1.69. The Labute approximate surface area is 104 Å². The fourth-order valence-corrected chi connectivity index (χ4v) is 2.05. The van der Waals surface area contributed by atoms with E-state index >= 15 is 0 Å². The van der Waals surface area contributed by atoms with Crippen LogP contribution in [0.5, 0.6) is 0 Å². The molecule has 0 aliphatic carbocycles. The highest BCUT2D eigenvalue weighted by atomic mass is 19.1. The van der Waals surface area contributed by atoms with Crippen LogP contribution in [0.15, 0.2) is 18.2 Å². The van der Waals surface area contributed by atoms with Crippen LogP contribution in [0.3, 0.4) is 0 Å². The van der Waals surface area contributed by atoms with Gasteiger partial charge in [0, 0.05) is 13.2 Å². The van der Waals surface area contributed by atoms with Crippen LogP contribution in [0, 0.1) is 15.9 Å². The molecule has 5 nitrogen and oxygen atoms in total. The second-order valence-electron chi connectivity index (χ2n) is 4.27. The van der Waals surface area contributed by atoms with E-state index in [4.69, 9.17) is 4.74 Å². The van der Waals surface area contributed by atoms with Gasteiger partial charge in [-0.2, -0.15) is 0 Å². The number of benzene rings is 1. The van der Waals surface area contributed by atoms with E-state index in [2.05, 4.69) is 5.32 Å². The topological polar surface area (TPSA) is 64.4 Å². The van der Waals surface area contributed by atoms with Crippen LogP contribution in [0.25, 0.3) is 0 Å². The summed E-state index contributed by atoms with van der Waals surface area (Å²) in [5.41, 5.74) is 0.113. The van der Waals surface area contributed by atoms with E-state index in [0.717, 1.165) is 31.9 Å². The molecule has 0 radical (unpaired) electrons. The quantitative estimate of drug-likeness (QED) is 0.648. The number of anilines is 1. The Kier molecular flexibility index (Phi) is 4.09. The van der Waals surface area contributed by atoms with Crippen LogP contribution in [0.4, 0.5) is 15.8 Å². The molecule has 1 heterocycles. The van der Waals surface area contributed by atoms with E-state index in [0.29, 0.717) is 12.2 Å². The molecule has 1 aromatic carbocycles. The molecule has 0 aromatic heterocycles. The highest BCUT2D eigenvalue weighted by molar-refractivity contribution is 5.61. The fraction of sp³-hybridized carbons (Fsp3) is 0.500. The largest absolute Gasteiger partial charge is 0.379 e. The van der Waals surface area contributed by atoms with E-state index in [-0.39, 0.29) is 11.8 Å². The Balaban J connectivity index is 1.93. The lowest BCUT2D eigenvalue weighted by Crippen LogP contribution is -2.13. The molecule has 18 heavy (non-hydrogen) atoms. The van der Waals surface area contributed by atoms with Gasteiger partial charge < -0.3 is 10.1 Å². The second kappa shape index (κ2) is 5.77. The van der Waals surface area contributed by atoms with Crippen molar-refractivity contribution in [2.24, 2.45) is 0 Å². The molecule has 1 aromatic rings. The monoisotopic (exact) mass is 254 g/mol. The van der Waals surface area contributed by atoms with Crippen molar-refractivity contribution in [2.45, 2.75) is 25.4 Å². The molecule has 0 amide bonds. The second-order valence-corrected chi connectivity index (χ2v) is 4.27. The summed E-state index contributed by atoms with van der Waals surface area (Å²) in [6.07, 6.45) is 3.14. The van der Waals surface area contributed by atoms with Crippen molar-refractivity contribution in [3.8, 4) is 0 Å². The smallest absolute Gasteiger partial charge is 0.295 e. The third kappa shape index (κ3) is 3.16. The summed E-state index contributed by atoms with van der Waals surface area (Å²) >= 11 is 0. The SMILES string of the molecule is O=[N+]([O-])c1cc(F)ccc1NCCC1CCCO1. The van der Waals surface area contributed by atoms with E-state index in [1.54, 1.807) is 0 Å². The number of hydrogen-bond donors (Lipinski definition) is 1. The highest BCUT2D eigenvalue weighted by Gasteiger charge is 2.17. The summed E-state index contributed by atoms with van der Waals surface area (Å²) in [5.74, 6) is -0.605. The first-order chi connectivity index (χ1) is 8.66. The predicted molar refractivity (Wildman–Crippen MR) is 65.1 cm³/mol. The summed E-state index contributed by atoms with van der Waals surface area (Å²) in [7, 11) is 0. The molecule has 0 bridgehead atoms. The van der Waals surface area contributed by atoms with Gasteiger partial charge in [0.15, 0.2) is 0 Å². The lowest BCUT2D eigenvalue weighted by Gasteiger charge is -2.11. The van der Waals surface area contributed by atoms with Crippen LogP contribution in [-0.4, -0.2) is 24.2 Å². The van der Waals surface area contributed by atoms with Gasteiger partial charge in [-0.1, -0.05) is 0 Å². The van der Waals surface area contributed by atoms with Crippen molar-refractivity contribution >= 4 is 11.4 Å². The molecule has 1 unspecified atom stereocenters. The van der Waals surface area contributed by atoms with Gasteiger partial charge in [-0.05, 0) is 31.4 Å². The third-order valence-corrected chi connectivity index (χ3v) is 2.96. The minimum Gasteiger partial charge on any atom is -0.379 e. The van der Waals surface area contributed by atoms with E-state index in [1.165, 1.54) is 12.1 Å². The highest BCUT2D eigenvalue weighted by Crippen LogP contribution is 2.25. The van der Waals surface area contributed by atoms with Gasteiger partial charge in [0.25, 0.3) is 5.69 Å². The van der Waals surface area contributed by atoms with Crippen molar-refractivity contribution in [2.75, 3.05) is 18.5 Å². The molecular formula is C12H15FN2O3.